The Morgan fingerprint density at radius 1 is 1.08 bits per heavy atom. The van der Waals surface area contributed by atoms with Crippen molar-refractivity contribution in [1.29, 1.82) is 0 Å². The summed E-state index contributed by atoms with van der Waals surface area (Å²) in [5, 5.41) is 5.59. The second kappa shape index (κ2) is 6.20. The van der Waals surface area contributed by atoms with Crippen molar-refractivity contribution in [2.45, 2.75) is 13.8 Å². The van der Waals surface area contributed by atoms with E-state index in [1.807, 2.05) is 10.9 Å². The molecule has 0 radical (unpaired) electrons. The Morgan fingerprint density at radius 2 is 1.83 bits per heavy atom. The fraction of sp³-hybridized carbons (Fsp3) is 0.389. The van der Waals surface area contributed by atoms with E-state index < -0.39 is 0 Å². The number of fused-ring (bicyclic) bond motifs is 1. The fourth-order valence-electron chi connectivity index (χ4n) is 3.35. The Hall–Kier alpha value is -2.47. The number of anilines is 1. The van der Waals surface area contributed by atoms with Crippen LogP contribution < -0.4 is 9.80 Å². The lowest BCUT2D eigenvalue weighted by molar-refractivity contribution is -0.898. The number of quaternary nitrogens is 1. The molecule has 6 heteroatoms. The Labute approximate surface area is 141 Å². The predicted molar refractivity (Wildman–Crippen MR) is 94.8 cm³/mol. The fourth-order valence-corrected chi connectivity index (χ4v) is 3.35. The topological polar surface area (TPSA) is 51.3 Å². The smallest absolute Gasteiger partial charge is 0.168 e. The summed E-state index contributed by atoms with van der Waals surface area (Å²) in [7, 11) is 0. The highest BCUT2D eigenvalue weighted by atomic mass is 15.3. The van der Waals surface area contributed by atoms with Gasteiger partial charge in [0.25, 0.3) is 0 Å². The monoisotopic (exact) mass is 323 g/mol. The van der Waals surface area contributed by atoms with Gasteiger partial charge in [0.1, 0.15) is 12.1 Å². The number of hydrogen-bond donors (Lipinski definition) is 1. The largest absolute Gasteiger partial charge is 0.345 e. The van der Waals surface area contributed by atoms with E-state index in [2.05, 4.69) is 58.1 Å². The van der Waals surface area contributed by atoms with Crippen molar-refractivity contribution in [3.8, 4) is 5.69 Å². The van der Waals surface area contributed by atoms with E-state index in [0.29, 0.717) is 0 Å². The van der Waals surface area contributed by atoms with Crippen LogP contribution in [-0.2, 0) is 0 Å². The van der Waals surface area contributed by atoms with Crippen LogP contribution in [0.15, 0.2) is 36.8 Å². The van der Waals surface area contributed by atoms with Crippen molar-refractivity contribution in [1.82, 2.24) is 19.7 Å². The number of likely N-dealkylation sites (N-methyl/N-ethyl adjacent to an activating group) is 1. The average molecular weight is 323 g/mol. The molecule has 6 nitrogen and oxygen atoms in total. The van der Waals surface area contributed by atoms with Crippen molar-refractivity contribution < 1.29 is 4.90 Å². The van der Waals surface area contributed by atoms with Crippen LogP contribution in [0.1, 0.15) is 12.5 Å². The zero-order chi connectivity index (χ0) is 16.5. The van der Waals surface area contributed by atoms with Crippen LogP contribution in [0.25, 0.3) is 16.7 Å². The highest BCUT2D eigenvalue weighted by molar-refractivity contribution is 5.87. The lowest BCUT2D eigenvalue weighted by atomic mass is 10.2. The molecule has 0 amide bonds. The lowest BCUT2D eigenvalue weighted by Gasteiger charge is -2.32. The molecule has 4 rings (SSSR count). The number of aromatic nitrogens is 4. The summed E-state index contributed by atoms with van der Waals surface area (Å²) in [6.45, 7) is 9.92. The van der Waals surface area contributed by atoms with E-state index in [1.54, 1.807) is 11.2 Å². The molecular formula is C18H23N6+. The van der Waals surface area contributed by atoms with Crippen molar-refractivity contribution in [2.75, 3.05) is 37.6 Å². The lowest BCUT2D eigenvalue weighted by Crippen LogP contribution is -3.14. The third-order valence-electron chi connectivity index (χ3n) is 4.89. The molecule has 1 N–H and O–H groups in total. The summed E-state index contributed by atoms with van der Waals surface area (Å²) < 4.78 is 1.90. The first-order valence-electron chi connectivity index (χ1n) is 8.60. The number of nitrogens with one attached hydrogen (secondary N) is 1. The van der Waals surface area contributed by atoms with Crippen molar-refractivity contribution >= 4 is 16.9 Å². The molecule has 0 atom stereocenters. The summed E-state index contributed by atoms with van der Waals surface area (Å²) >= 11 is 0. The Balaban J connectivity index is 1.70. The van der Waals surface area contributed by atoms with Gasteiger partial charge in [-0.2, -0.15) is 5.10 Å². The minimum absolute atomic E-state index is 0.870. The van der Waals surface area contributed by atoms with E-state index in [1.165, 1.54) is 12.1 Å². The molecule has 0 saturated carbocycles. The summed E-state index contributed by atoms with van der Waals surface area (Å²) in [5.74, 6) is 1.01. The highest BCUT2D eigenvalue weighted by Crippen LogP contribution is 2.24. The Kier molecular flexibility index (Phi) is 3.90. The van der Waals surface area contributed by atoms with Gasteiger partial charge in [-0.25, -0.2) is 14.6 Å². The summed E-state index contributed by atoms with van der Waals surface area (Å²) in [6, 6.07) is 8.34. The Morgan fingerprint density at radius 3 is 2.54 bits per heavy atom. The number of aryl methyl sites for hydroxylation is 1. The van der Waals surface area contributed by atoms with Gasteiger partial charge in [0.05, 0.1) is 50.0 Å². The molecule has 3 heterocycles. The molecule has 0 bridgehead atoms. The average Bonchev–Trinajstić information content (AvgIpc) is 3.07. The van der Waals surface area contributed by atoms with Crippen LogP contribution in [0.4, 0.5) is 5.82 Å². The van der Waals surface area contributed by atoms with Gasteiger partial charge in [0.15, 0.2) is 5.65 Å². The number of benzene rings is 1. The maximum atomic E-state index is 4.56. The molecule has 124 valence electrons. The maximum absolute atomic E-state index is 4.56. The molecule has 1 aromatic carbocycles. The summed E-state index contributed by atoms with van der Waals surface area (Å²) in [6.07, 6.45) is 3.55. The highest BCUT2D eigenvalue weighted by Gasteiger charge is 2.22. The van der Waals surface area contributed by atoms with E-state index in [4.69, 9.17) is 0 Å². The molecule has 1 aliphatic heterocycles. The standard InChI is InChI=1S/C18H22N6/c1-3-22-8-10-23(11-9-22)17-16-12-21-24(18(16)20-13-19-17)15-6-4-14(2)5-7-15/h4-7,12-13H,3,8-11H2,1-2H3/p+1. The van der Waals surface area contributed by atoms with Gasteiger partial charge in [-0.05, 0) is 26.0 Å². The van der Waals surface area contributed by atoms with Crippen molar-refractivity contribution in [2.24, 2.45) is 0 Å². The number of hydrogen-bond acceptors (Lipinski definition) is 4. The van der Waals surface area contributed by atoms with Gasteiger partial charge in [0, 0.05) is 0 Å². The second-order valence-corrected chi connectivity index (χ2v) is 6.42. The van der Waals surface area contributed by atoms with E-state index in [9.17, 15) is 0 Å². The number of nitrogens with zero attached hydrogens (tertiary/aromatic N) is 5. The SMILES string of the molecule is CC[NH+]1CCN(c2ncnc3c2cnn3-c2ccc(C)cc2)CC1. The molecule has 2 aromatic heterocycles. The van der Waals surface area contributed by atoms with Gasteiger partial charge in [-0.1, -0.05) is 17.7 Å². The molecule has 1 aliphatic rings. The Bertz CT molecular complexity index is 830. The van der Waals surface area contributed by atoms with Crippen LogP contribution in [0.5, 0.6) is 0 Å². The van der Waals surface area contributed by atoms with Gasteiger partial charge in [0.2, 0.25) is 0 Å². The van der Waals surface area contributed by atoms with Crippen molar-refractivity contribution in [3.05, 3.63) is 42.4 Å². The molecule has 0 unspecified atom stereocenters. The zero-order valence-corrected chi connectivity index (χ0v) is 14.2. The molecule has 1 fully saturated rings. The van der Waals surface area contributed by atoms with Gasteiger partial charge in [-0.15, -0.1) is 0 Å². The third-order valence-corrected chi connectivity index (χ3v) is 4.89. The normalized spacial score (nSPS) is 16.0. The van der Waals surface area contributed by atoms with E-state index in [0.717, 1.165) is 48.7 Å². The second-order valence-electron chi connectivity index (χ2n) is 6.42. The minimum atomic E-state index is 0.870. The van der Waals surface area contributed by atoms with E-state index in [-0.39, 0.29) is 0 Å². The molecule has 24 heavy (non-hydrogen) atoms. The van der Waals surface area contributed by atoms with Gasteiger partial charge < -0.3 is 9.80 Å². The molecule has 1 saturated heterocycles. The minimum Gasteiger partial charge on any atom is -0.345 e. The first kappa shape index (κ1) is 15.1. The van der Waals surface area contributed by atoms with Gasteiger partial charge >= 0.3 is 0 Å². The first-order chi connectivity index (χ1) is 11.8. The number of rotatable bonds is 3. The molecular weight excluding hydrogens is 300 g/mol. The molecule has 3 aromatic rings. The zero-order valence-electron chi connectivity index (χ0n) is 14.2. The summed E-state index contributed by atoms with van der Waals surface area (Å²) in [4.78, 5) is 13.1. The maximum Gasteiger partial charge on any atom is 0.168 e. The van der Waals surface area contributed by atoms with Gasteiger partial charge in [-0.3, -0.25) is 0 Å². The number of piperazine rings is 1. The predicted octanol–water partition coefficient (Wildman–Crippen LogP) is 0.849. The molecule has 0 aliphatic carbocycles. The van der Waals surface area contributed by atoms with Crippen LogP contribution >= 0.6 is 0 Å². The quantitative estimate of drug-likeness (QED) is 0.776. The van der Waals surface area contributed by atoms with Crippen molar-refractivity contribution in [3.63, 3.8) is 0 Å². The van der Waals surface area contributed by atoms with Crippen LogP contribution in [0.2, 0.25) is 0 Å². The van der Waals surface area contributed by atoms with Crippen LogP contribution in [-0.4, -0.2) is 52.5 Å². The van der Waals surface area contributed by atoms with E-state index >= 15 is 0 Å². The van der Waals surface area contributed by atoms with Crippen LogP contribution in [0, 0.1) is 6.92 Å². The summed E-state index contributed by atoms with van der Waals surface area (Å²) in [5.41, 5.74) is 3.14. The molecule has 0 spiro atoms. The van der Waals surface area contributed by atoms with Crippen LogP contribution in [0.3, 0.4) is 0 Å². The third kappa shape index (κ3) is 2.63. The first-order valence-corrected chi connectivity index (χ1v) is 8.60.